The molecule has 2 aliphatic rings. The molecule has 0 aromatic heterocycles. The van der Waals surface area contributed by atoms with Crippen LogP contribution in [0.3, 0.4) is 0 Å². The summed E-state index contributed by atoms with van der Waals surface area (Å²) in [6.07, 6.45) is 5.70. The number of benzene rings is 2. The molecule has 0 fully saturated rings. The Hall–Kier alpha value is -2.97. The summed E-state index contributed by atoms with van der Waals surface area (Å²) in [5.74, 6) is 0.334. The SMILES string of the molecule is COc1c(-c2ccc3c(c2)CC[C@H]3C(C)(C)NS(C)(=O)=O)cc(N2C=CC(=O)CC2=O)cc1C(C)(C)C. The number of ether oxygens (including phenoxy) is 1. The van der Waals surface area contributed by atoms with E-state index < -0.39 is 15.6 Å². The number of hydrogen-bond donors (Lipinski definition) is 1. The number of nitrogens with zero attached hydrogens (tertiary/aromatic N) is 1. The molecule has 0 saturated carbocycles. The summed E-state index contributed by atoms with van der Waals surface area (Å²) < 4.78 is 32.7. The van der Waals surface area contributed by atoms with Crippen LogP contribution in [0, 0.1) is 0 Å². The van der Waals surface area contributed by atoms with Gasteiger partial charge in [0.15, 0.2) is 5.78 Å². The largest absolute Gasteiger partial charge is 0.496 e. The standard InChI is InChI=1S/C29H36N2O5S/c1-28(2,3)25-16-20(31-13-12-21(32)17-26(31)33)15-23(27(25)36-6)19-8-10-22-18(14-19)9-11-24(22)29(4,5)30-37(7,34)35/h8,10,12-16,24,30H,9,11,17H2,1-7H3/t24-/m1/s1. The Labute approximate surface area is 219 Å². The maximum Gasteiger partial charge on any atom is 0.238 e. The van der Waals surface area contributed by atoms with Crippen LogP contribution in [-0.4, -0.2) is 39.0 Å². The molecule has 0 radical (unpaired) electrons. The number of hydrogen-bond acceptors (Lipinski definition) is 5. The van der Waals surface area contributed by atoms with Crippen molar-refractivity contribution in [2.75, 3.05) is 18.3 Å². The van der Waals surface area contributed by atoms with Gasteiger partial charge >= 0.3 is 0 Å². The normalized spacial score (nSPS) is 18.4. The highest BCUT2D eigenvalue weighted by Crippen LogP contribution is 2.46. The molecule has 2 aromatic carbocycles. The van der Waals surface area contributed by atoms with E-state index in [9.17, 15) is 18.0 Å². The summed E-state index contributed by atoms with van der Waals surface area (Å²) in [6.45, 7) is 10.1. The van der Waals surface area contributed by atoms with Crippen molar-refractivity contribution >= 4 is 27.4 Å². The van der Waals surface area contributed by atoms with Crippen molar-refractivity contribution in [3.8, 4) is 16.9 Å². The fraction of sp³-hybridized carbons (Fsp3) is 0.448. The lowest BCUT2D eigenvalue weighted by Crippen LogP contribution is -2.46. The molecule has 0 spiro atoms. The second-order valence-corrected chi connectivity index (χ2v) is 13.4. The van der Waals surface area contributed by atoms with Gasteiger partial charge in [0.1, 0.15) is 5.75 Å². The first-order valence-electron chi connectivity index (χ1n) is 12.5. The summed E-state index contributed by atoms with van der Waals surface area (Å²) in [4.78, 5) is 26.0. The first kappa shape index (κ1) is 27.1. The quantitative estimate of drug-likeness (QED) is 0.546. The predicted octanol–water partition coefficient (Wildman–Crippen LogP) is 4.84. The molecule has 1 N–H and O–H groups in total. The molecule has 2 aromatic rings. The van der Waals surface area contributed by atoms with Gasteiger partial charge in [0.05, 0.1) is 19.8 Å². The molecule has 198 valence electrons. The van der Waals surface area contributed by atoms with Crippen molar-refractivity contribution in [2.24, 2.45) is 0 Å². The maximum atomic E-state index is 12.7. The molecular weight excluding hydrogens is 488 g/mol. The van der Waals surface area contributed by atoms with Crippen LogP contribution < -0.4 is 14.4 Å². The highest BCUT2D eigenvalue weighted by atomic mass is 32.2. The van der Waals surface area contributed by atoms with Crippen molar-refractivity contribution in [2.45, 2.75) is 70.8 Å². The summed E-state index contributed by atoms with van der Waals surface area (Å²) in [6, 6.07) is 10.2. The van der Waals surface area contributed by atoms with Gasteiger partial charge in [-0.25, -0.2) is 13.1 Å². The van der Waals surface area contributed by atoms with Crippen molar-refractivity contribution < 1.29 is 22.7 Å². The zero-order valence-corrected chi connectivity index (χ0v) is 23.5. The van der Waals surface area contributed by atoms with Gasteiger partial charge < -0.3 is 4.74 Å². The van der Waals surface area contributed by atoms with Crippen molar-refractivity contribution in [1.29, 1.82) is 0 Å². The van der Waals surface area contributed by atoms with E-state index in [4.69, 9.17) is 4.74 Å². The number of anilines is 1. The van der Waals surface area contributed by atoms with Crippen LogP contribution in [0.15, 0.2) is 42.6 Å². The lowest BCUT2D eigenvalue weighted by Gasteiger charge is -2.32. The Balaban J connectivity index is 1.83. The smallest absolute Gasteiger partial charge is 0.238 e. The number of allylic oxidation sites excluding steroid dienone is 1. The Morgan fingerprint density at radius 3 is 2.35 bits per heavy atom. The minimum Gasteiger partial charge on any atom is -0.496 e. The Bertz CT molecular complexity index is 1400. The molecule has 0 bridgehead atoms. The molecule has 1 heterocycles. The summed E-state index contributed by atoms with van der Waals surface area (Å²) in [7, 11) is -1.70. The van der Waals surface area contributed by atoms with Gasteiger partial charge in [-0.2, -0.15) is 0 Å². The number of amides is 1. The number of rotatable bonds is 6. The number of sulfonamides is 1. The van der Waals surface area contributed by atoms with Gasteiger partial charge in [-0.15, -0.1) is 0 Å². The number of carbonyl (C=O) groups is 2. The summed E-state index contributed by atoms with van der Waals surface area (Å²) >= 11 is 0. The second kappa shape index (κ2) is 9.40. The number of ketones is 1. The second-order valence-electron chi connectivity index (χ2n) is 11.6. The van der Waals surface area contributed by atoms with E-state index in [-0.39, 0.29) is 29.4 Å². The Morgan fingerprint density at radius 2 is 1.76 bits per heavy atom. The molecule has 1 atom stereocenters. The number of nitrogens with one attached hydrogen (secondary N) is 1. The summed E-state index contributed by atoms with van der Waals surface area (Å²) in [5.41, 5.74) is 4.90. The Kier molecular flexibility index (Phi) is 6.88. The van der Waals surface area contributed by atoms with E-state index in [1.54, 1.807) is 7.11 Å². The van der Waals surface area contributed by atoms with Gasteiger partial charge in [0.25, 0.3) is 0 Å². The summed E-state index contributed by atoms with van der Waals surface area (Å²) in [5, 5.41) is 0. The van der Waals surface area contributed by atoms with Crippen LogP contribution in [0.25, 0.3) is 11.1 Å². The van der Waals surface area contributed by atoms with Gasteiger partial charge in [0, 0.05) is 34.5 Å². The van der Waals surface area contributed by atoms with Crippen LogP contribution in [0.2, 0.25) is 0 Å². The van der Waals surface area contributed by atoms with E-state index in [0.29, 0.717) is 5.69 Å². The minimum absolute atomic E-state index is 0.0540. The first-order chi connectivity index (χ1) is 17.1. The van der Waals surface area contributed by atoms with Crippen molar-refractivity contribution in [3.05, 3.63) is 59.3 Å². The van der Waals surface area contributed by atoms with Gasteiger partial charge in [-0.05, 0) is 67.0 Å². The lowest BCUT2D eigenvalue weighted by molar-refractivity contribution is -0.124. The van der Waals surface area contributed by atoms with Crippen molar-refractivity contribution in [1.82, 2.24) is 4.72 Å². The number of fused-ring (bicyclic) bond motifs is 1. The van der Waals surface area contributed by atoms with E-state index >= 15 is 0 Å². The number of methoxy groups -OCH3 is 1. The van der Waals surface area contributed by atoms with Gasteiger partial charge in [-0.1, -0.05) is 39.0 Å². The van der Waals surface area contributed by atoms with E-state index in [1.807, 2.05) is 32.0 Å². The molecule has 0 saturated heterocycles. The third kappa shape index (κ3) is 5.50. The van der Waals surface area contributed by atoms with Crippen LogP contribution in [0.5, 0.6) is 5.75 Å². The maximum absolute atomic E-state index is 12.7. The molecule has 1 amide bonds. The fourth-order valence-corrected chi connectivity index (χ4v) is 6.69. The van der Waals surface area contributed by atoms with E-state index in [1.165, 1.54) is 29.0 Å². The number of carbonyl (C=O) groups excluding carboxylic acids is 2. The molecule has 0 unspecified atom stereocenters. The van der Waals surface area contributed by atoms with Crippen LogP contribution >= 0.6 is 0 Å². The van der Waals surface area contributed by atoms with E-state index in [0.717, 1.165) is 40.8 Å². The van der Waals surface area contributed by atoms with Crippen LogP contribution in [0.4, 0.5) is 5.69 Å². The molecule has 7 nitrogen and oxygen atoms in total. The van der Waals surface area contributed by atoms with Crippen LogP contribution in [0.1, 0.15) is 70.1 Å². The predicted molar refractivity (Wildman–Crippen MR) is 147 cm³/mol. The molecule has 37 heavy (non-hydrogen) atoms. The van der Waals surface area contributed by atoms with Gasteiger partial charge in [0.2, 0.25) is 15.9 Å². The zero-order chi connectivity index (χ0) is 27.3. The lowest BCUT2D eigenvalue weighted by atomic mass is 9.82. The highest BCUT2D eigenvalue weighted by molar-refractivity contribution is 7.88. The average molecular weight is 525 g/mol. The monoisotopic (exact) mass is 524 g/mol. The number of aryl methyl sites for hydroxylation is 1. The minimum atomic E-state index is -3.35. The average Bonchev–Trinajstić information content (AvgIpc) is 3.20. The van der Waals surface area contributed by atoms with E-state index in [2.05, 4.69) is 37.6 Å². The third-order valence-corrected chi connectivity index (χ3v) is 8.12. The van der Waals surface area contributed by atoms with Crippen LogP contribution in [-0.2, 0) is 31.4 Å². The molecular formula is C29H36N2O5S. The molecule has 4 rings (SSSR count). The zero-order valence-electron chi connectivity index (χ0n) is 22.6. The Morgan fingerprint density at radius 1 is 1.05 bits per heavy atom. The molecule has 1 aliphatic heterocycles. The van der Waals surface area contributed by atoms with Crippen molar-refractivity contribution in [3.63, 3.8) is 0 Å². The highest BCUT2D eigenvalue weighted by Gasteiger charge is 2.38. The first-order valence-corrected chi connectivity index (χ1v) is 14.4. The third-order valence-electron chi connectivity index (χ3n) is 7.22. The fourth-order valence-electron chi connectivity index (χ4n) is 5.59. The van der Waals surface area contributed by atoms with Gasteiger partial charge in [-0.3, -0.25) is 14.5 Å². The topological polar surface area (TPSA) is 92.8 Å². The molecule has 1 aliphatic carbocycles. The molecule has 8 heteroatoms.